The fraction of sp³-hybridized carbons (Fsp3) is 1.00. The van der Waals surface area contributed by atoms with Gasteiger partial charge in [0.2, 0.25) is 0 Å². The van der Waals surface area contributed by atoms with Crippen molar-refractivity contribution < 1.29 is 4.74 Å². The van der Waals surface area contributed by atoms with Crippen LogP contribution in [-0.4, -0.2) is 26.3 Å². The van der Waals surface area contributed by atoms with Crippen molar-refractivity contribution >= 4 is 0 Å². The predicted molar refractivity (Wildman–Crippen MR) is 71.8 cm³/mol. The predicted octanol–water partition coefficient (Wildman–Crippen LogP) is 3.47. The standard InChI is InChI=1S/C14H31NO/c1-5-7-9-16-10-8-14(11-13(3)4)12-15-6-2/h13-15H,5-12H2,1-4H3. The van der Waals surface area contributed by atoms with E-state index in [-0.39, 0.29) is 0 Å². The Hall–Kier alpha value is -0.0800. The monoisotopic (exact) mass is 229 g/mol. The molecule has 0 bridgehead atoms. The number of hydrogen-bond acceptors (Lipinski definition) is 2. The summed E-state index contributed by atoms with van der Waals surface area (Å²) in [6.07, 6.45) is 4.94. The van der Waals surface area contributed by atoms with E-state index < -0.39 is 0 Å². The van der Waals surface area contributed by atoms with Crippen LogP contribution in [0.3, 0.4) is 0 Å². The van der Waals surface area contributed by atoms with Crippen molar-refractivity contribution in [3.05, 3.63) is 0 Å². The Bertz CT molecular complexity index is 137. The molecule has 0 saturated heterocycles. The lowest BCUT2D eigenvalue weighted by Crippen LogP contribution is -2.24. The van der Waals surface area contributed by atoms with E-state index in [2.05, 4.69) is 33.0 Å². The summed E-state index contributed by atoms with van der Waals surface area (Å²) in [6.45, 7) is 13.1. The minimum Gasteiger partial charge on any atom is -0.381 e. The normalized spacial score (nSPS) is 13.3. The molecule has 0 spiro atoms. The molecule has 1 N–H and O–H groups in total. The van der Waals surface area contributed by atoms with Crippen molar-refractivity contribution in [1.82, 2.24) is 5.32 Å². The van der Waals surface area contributed by atoms with Crippen molar-refractivity contribution in [3.63, 3.8) is 0 Å². The van der Waals surface area contributed by atoms with Gasteiger partial charge >= 0.3 is 0 Å². The fourth-order valence-corrected chi connectivity index (χ4v) is 1.92. The van der Waals surface area contributed by atoms with Gasteiger partial charge in [0.05, 0.1) is 0 Å². The molecule has 0 radical (unpaired) electrons. The second-order valence-electron chi connectivity index (χ2n) is 5.06. The molecule has 0 aliphatic heterocycles. The molecule has 0 aromatic carbocycles. The largest absolute Gasteiger partial charge is 0.381 e. The summed E-state index contributed by atoms with van der Waals surface area (Å²) >= 11 is 0. The Labute approximate surface area is 102 Å². The van der Waals surface area contributed by atoms with E-state index in [0.717, 1.165) is 38.1 Å². The van der Waals surface area contributed by atoms with E-state index in [1.165, 1.54) is 25.7 Å². The minimum absolute atomic E-state index is 0.779. The molecule has 0 saturated carbocycles. The first-order valence-corrected chi connectivity index (χ1v) is 6.99. The first-order chi connectivity index (χ1) is 7.70. The minimum atomic E-state index is 0.779. The quantitative estimate of drug-likeness (QED) is 0.548. The van der Waals surface area contributed by atoms with Crippen molar-refractivity contribution in [1.29, 1.82) is 0 Å². The summed E-state index contributed by atoms with van der Waals surface area (Å²) in [7, 11) is 0. The average molecular weight is 229 g/mol. The van der Waals surface area contributed by atoms with Gasteiger partial charge in [0.25, 0.3) is 0 Å². The van der Waals surface area contributed by atoms with Crippen LogP contribution in [0, 0.1) is 11.8 Å². The molecule has 0 aliphatic carbocycles. The highest BCUT2D eigenvalue weighted by molar-refractivity contribution is 4.64. The Morgan fingerprint density at radius 3 is 2.44 bits per heavy atom. The molecular weight excluding hydrogens is 198 g/mol. The maximum atomic E-state index is 5.64. The van der Waals surface area contributed by atoms with Gasteiger partial charge in [-0.2, -0.15) is 0 Å². The van der Waals surface area contributed by atoms with Crippen LogP contribution >= 0.6 is 0 Å². The number of hydrogen-bond donors (Lipinski definition) is 1. The summed E-state index contributed by atoms with van der Waals surface area (Å²) in [5.41, 5.74) is 0. The topological polar surface area (TPSA) is 21.3 Å². The van der Waals surface area contributed by atoms with Gasteiger partial charge in [0, 0.05) is 13.2 Å². The van der Waals surface area contributed by atoms with Crippen LogP contribution < -0.4 is 5.32 Å². The maximum absolute atomic E-state index is 5.64. The Morgan fingerprint density at radius 2 is 1.88 bits per heavy atom. The van der Waals surface area contributed by atoms with Crippen molar-refractivity contribution in [3.8, 4) is 0 Å². The van der Waals surface area contributed by atoms with Crippen molar-refractivity contribution in [2.24, 2.45) is 11.8 Å². The SMILES string of the molecule is CCCCOCCC(CNCC)CC(C)C. The van der Waals surface area contributed by atoms with Crippen molar-refractivity contribution in [2.75, 3.05) is 26.3 Å². The molecule has 1 atom stereocenters. The number of ether oxygens (including phenoxy) is 1. The maximum Gasteiger partial charge on any atom is 0.0469 e. The zero-order valence-corrected chi connectivity index (χ0v) is 11.7. The van der Waals surface area contributed by atoms with Crippen LogP contribution in [0.1, 0.15) is 53.4 Å². The summed E-state index contributed by atoms with van der Waals surface area (Å²) < 4.78 is 5.64. The van der Waals surface area contributed by atoms with Gasteiger partial charge in [0.1, 0.15) is 0 Å². The molecule has 0 aromatic heterocycles. The molecule has 1 unspecified atom stereocenters. The molecule has 0 heterocycles. The van der Waals surface area contributed by atoms with Crippen LogP contribution in [0.2, 0.25) is 0 Å². The highest BCUT2D eigenvalue weighted by atomic mass is 16.5. The molecular formula is C14H31NO. The second-order valence-corrected chi connectivity index (χ2v) is 5.06. The van der Waals surface area contributed by atoms with Gasteiger partial charge in [-0.05, 0) is 44.2 Å². The molecule has 2 nitrogen and oxygen atoms in total. The molecule has 0 aromatic rings. The lowest BCUT2D eigenvalue weighted by atomic mass is 9.94. The molecule has 98 valence electrons. The summed E-state index contributed by atoms with van der Waals surface area (Å²) in [6, 6.07) is 0. The molecule has 16 heavy (non-hydrogen) atoms. The van der Waals surface area contributed by atoms with Gasteiger partial charge in [-0.25, -0.2) is 0 Å². The Balaban J connectivity index is 3.56. The van der Waals surface area contributed by atoms with E-state index >= 15 is 0 Å². The lowest BCUT2D eigenvalue weighted by molar-refractivity contribution is 0.114. The molecule has 2 heteroatoms. The summed E-state index contributed by atoms with van der Waals surface area (Å²) in [5, 5.41) is 3.45. The third-order valence-corrected chi connectivity index (χ3v) is 2.80. The van der Waals surface area contributed by atoms with E-state index in [1.54, 1.807) is 0 Å². The highest BCUT2D eigenvalue weighted by Crippen LogP contribution is 2.14. The van der Waals surface area contributed by atoms with Crippen LogP contribution in [-0.2, 0) is 4.74 Å². The molecule has 0 rings (SSSR count). The summed E-state index contributed by atoms with van der Waals surface area (Å²) in [5.74, 6) is 1.57. The first-order valence-electron chi connectivity index (χ1n) is 6.99. The van der Waals surface area contributed by atoms with E-state index in [0.29, 0.717) is 0 Å². The average Bonchev–Trinajstić information content (AvgIpc) is 2.24. The number of rotatable bonds is 11. The van der Waals surface area contributed by atoms with Gasteiger partial charge in [0.15, 0.2) is 0 Å². The Morgan fingerprint density at radius 1 is 1.12 bits per heavy atom. The van der Waals surface area contributed by atoms with Crippen LogP contribution in [0.25, 0.3) is 0 Å². The van der Waals surface area contributed by atoms with E-state index in [4.69, 9.17) is 4.74 Å². The molecule has 0 fully saturated rings. The van der Waals surface area contributed by atoms with Crippen LogP contribution in [0.5, 0.6) is 0 Å². The third-order valence-electron chi connectivity index (χ3n) is 2.80. The molecule has 0 aliphatic rings. The Kier molecular flexibility index (Phi) is 11.3. The highest BCUT2D eigenvalue weighted by Gasteiger charge is 2.10. The number of unbranched alkanes of at least 4 members (excludes halogenated alkanes) is 1. The fourth-order valence-electron chi connectivity index (χ4n) is 1.92. The zero-order valence-electron chi connectivity index (χ0n) is 11.7. The van der Waals surface area contributed by atoms with E-state index in [1.807, 2.05) is 0 Å². The van der Waals surface area contributed by atoms with Crippen molar-refractivity contribution in [2.45, 2.75) is 53.4 Å². The van der Waals surface area contributed by atoms with Gasteiger partial charge < -0.3 is 10.1 Å². The second kappa shape index (κ2) is 11.4. The van der Waals surface area contributed by atoms with Gasteiger partial charge in [-0.15, -0.1) is 0 Å². The van der Waals surface area contributed by atoms with Gasteiger partial charge in [-0.1, -0.05) is 34.1 Å². The lowest BCUT2D eigenvalue weighted by Gasteiger charge is -2.19. The van der Waals surface area contributed by atoms with Crippen LogP contribution in [0.15, 0.2) is 0 Å². The van der Waals surface area contributed by atoms with Gasteiger partial charge in [-0.3, -0.25) is 0 Å². The van der Waals surface area contributed by atoms with E-state index in [9.17, 15) is 0 Å². The zero-order chi connectivity index (χ0) is 12.2. The summed E-state index contributed by atoms with van der Waals surface area (Å²) in [4.78, 5) is 0. The first kappa shape index (κ1) is 15.9. The smallest absolute Gasteiger partial charge is 0.0469 e. The van der Waals surface area contributed by atoms with Crippen LogP contribution in [0.4, 0.5) is 0 Å². The number of nitrogens with one attached hydrogen (secondary N) is 1. The molecule has 0 amide bonds. The third kappa shape index (κ3) is 10.4.